The second-order valence-electron chi connectivity index (χ2n) is 5.13. The molecular formula is C16H34N2. The summed E-state index contributed by atoms with van der Waals surface area (Å²) in [6, 6.07) is 0. The molecule has 0 atom stereocenters. The molecule has 0 aromatic heterocycles. The summed E-state index contributed by atoms with van der Waals surface area (Å²) >= 11 is 0. The topological polar surface area (TPSA) is 38.0 Å². The van der Waals surface area contributed by atoms with Crippen molar-refractivity contribution in [3.8, 4) is 0 Å². The van der Waals surface area contributed by atoms with Crippen molar-refractivity contribution in [1.82, 2.24) is 5.32 Å². The zero-order valence-electron chi connectivity index (χ0n) is 12.4. The minimum absolute atomic E-state index is 0.630. The highest BCUT2D eigenvalue weighted by Gasteiger charge is 1.92. The maximum atomic E-state index is 5.35. The lowest BCUT2D eigenvalue weighted by molar-refractivity contribution is 0.547. The lowest BCUT2D eigenvalue weighted by atomic mass is 10.1. The van der Waals surface area contributed by atoms with Gasteiger partial charge in [-0.15, -0.1) is 0 Å². The molecule has 0 fully saturated rings. The molecule has 2 nitrogen and oxygen atoms in total. The molecule has 0 aliphatic rings. The van der Waals surface area contributed by atoms with Gasteiger partial charge < -0.3 is 11.1 Å². The third kappa shape index (κ3) is 15.5. The van der Waals surface area contributed by atoms with Gasteiger partial charge in [-0.25, -0.2) is 0 Å². The van der Waals surface area contributed by atoms with E-state index in [1.165, 1.54) is 70.6 Å². The van der Waals surface area contributed by atoms with Crippen LogP contribution in [0, 0.1) is 0 Å². The highest BCUT2D eigenvalue weighted by molar-refractivity contribution is 4.79. The van der Waals surface area contributed by atoms with Crippen LogP contribution in [0.25, 0.3) is 0 Å². The van der Waals surface area contributed by atoms with E-state index in [9.17, 15) is 0 Å². The molecule has 0 aromatic carbocycles. The first kappa shape index (κ1) is 17.5. The van der Waals surface area contributed by atoms with Crippen molar-refractivity contribution in [2.75, 3.05) is 13.1 Å². The van der Waals surface area contributed by atoms with Crippen molar-refractivity contribution in [2.24, 2.45) is 5.73 Å². The number of nitrogens with two attached hydrogens (primary N) is 1. The average Bonchev–Trinajstić information content (AvgIpc) is 2.39. The average molecular weight is 254 g/mol. The number of nitrogens with one attached hydrogen (secondary N) is 1. The fraction of sp³-hybridized carbons (Fsp3) is 0.875. The number of unbranched alkanes of at least 4 members (excludes halogenated alkanes) is 10. The van der Waals surface area contributed by atoms with Gasteiger partial charge in [0.25, 0.3) is 0 Å². The van der Waals surface area contributed by atoms with Gasteiger partial charge >= 0.3 is 0 Å². The lowest BCUT2D eigenvalue weighted by Gasteiger charge is -2.03. The van der Waals surface area contributed by atoms with Crippen LogP contribution in [0.15, 0.2) is 12.3 Å². The quantitative estimate of drug-likeness (QED) is 0.452. The Hall–Kier alpha value is -0.500. The molecule has 2 heteroatoms. The Labute approximate surface area is 114 Å². The summed E-state index contributed by atoms with van der Waals surface area (Å²) in [6.07, 6.45) is 19.4. The lowest BCUT2D eigenvalue weighted by Crippen LogP contribution is -2.07. The van der Waals surface area contributed by atoms with E-state index in [-0.39, 0.29) is 0 Å². The molecule has 0 radical (unpaired) electrons. The molecule has 3 N–H and O–H groups in total. The first-order chi connectivity index (χ1) is 8.91. The predicted octanol–water partition coefficient (Wildman–Crippen LogP) is 4.36. The molecule has 0 saturated carbocycles. The standard InChI is InChI=1S/C16H34N2/c1-2-3-4-5-6-7-8-9-10-11-12-15-18-16-13-14-17/h13,16,18H,2-12,14-15,17H2,1H3. The van der Waals surface area contributed by atoms with Crippen LogP contribution in [-0.2, 0) is 0 Å². The summed E-state index contributed by atoms with van der Waals surface area (Å²) in [5.74, 6) is 0. The smallest absolute Gasteiger partial charge is 0.0141 e. The molecule has 108 valence electrons. The van der Waals surface area contributed by atoms with Gasteiger partial charge in [-0.2, -0.15) is 0 Å². The van der Waals surface area contributed by atoms with Gasteiger partial charge in [0.2, 0.25) is 0 Å². The van der Waals surface area contributed by atoms with Crippen molar-refractivity contribution >= 4 is 0 Å². The van der Waals surface area contributed by atoms with E-state index in [1.54, 1.807) is 0 Å². The number of hydrogen-bond donors (Lipinski definition) is 2. The van der Waals surface area contributed by atoms with Crippen LogP contribution in [-0.4, -0.2) is 13.1 Å². The molecule has 0 rings (SSSR count). The second-order valence-corrected chi connectivity index (χ2v) is 5.13. The van der Waals surface area contributed by atoms with Crippen LogP contribution in [0.1, 0.15) is 77.6 Å². The van der Waals surface area contributed by atoms with Crippen LogP contribution in [0.2, 0.25) is 0 Å². The van der Waals surface area contributed by atoms with E-state index in [0.717, 1.165) is 6.54 Å². The predicted molar refractivity (Wildman–Crippen MR) is 82.7 cm³/mol. The molecule has 0 heterocycles. The molecular weight excluding hydrogens is 220 g/mol. The SMILES string of the molecule is CCCCCCCCCCCCCNC=CCN. The Morgan fingerprint density at radius 3 is 1.78 bits per heavy atom. The van der Waals surface area contributed by atoms with Crippen molar-refractivity contribution in [3.05, 3.63) is 12.3 Å². The molecule has 18 heavy (non-hydrogen) atoms. The van der Waals surface area contributed by atoms with Crippen molar-refractivity contribution < 1.29 is 0 Å². The monoisotopic (exact) mass is 254 g/mol. The van der Waals surface area contributed by atoms with Crippen molar-refractivity contribution in [2.45, 2.75) is 77.6 Å². The molecule has 0 aromatic rings. The van der Waals surface area contributed by atoms with Gasteiger partial charge in [-0.05, 0) is 12.6 Å². The second kappa shape index (κ2) is 16.5. The highest BCUT2D eigenvalue weighted by Crippen LogP contribution is 2.10. The Balaban J connectivity index is 2.92. The Kier molecular flexibility index (Phi) is 16.0. The molecule has 0 aliphatic heterocycles. The van der Waals surface area contributed by atoms with E-state index < -0.39 is 0 Å². The van der Waals surface area contributed by atoms with Gasteiger partial charge in [0.05, 0.1) is 0 Å². The summed E-state index contributed by atoms with van der Waals surface area (Å²) in [7, 11) is 0. The van der Waals surface area contributed by atoms with Gasteiger partial charge in [0.1, 0.15) is 0 Å². The molecule has 0 spiro atoms. The maximum absolute atomic E-state index is 5.35. The molecule has 0 aliphatic carbocycles. The van der Waals surface area contributed by atoms with Gasteiger partial charge in [0.15, 0.2) is 0 Å². The fourth-order valence-electron chi connectivity index (χ4n) is 2.13. The minimum Gasteiger partial charge on any atom is -0.391 e. The summed E-state index contributed by atoms with van der Waals surface area (Å²) in [6.45, 7) is 4.00. The summed E-state index contributed by atoms with van der Waals surface area (Å²) in [5.41, 5.74) is 5.35. The van der Waals surface area contributed by atoms with Gasteiger partial charge in [-0.3, -0.25) is 0 Å². The Morgan fingerprint density at radius 2 is 1.28 bits per heavy atom. The van der Waals surface area contributed by atoms with Gasteiger partial charge in [0, 0.05) is 13.1 Å². The normalized spacial score (nSPS) is 11.2. The Bertz CT molecular complexity index is 166. The van der Waals surface area contributed by atoms with Crippen molar-refractivity contribution in [1.29, 1.82) is 0 Å². The largest absolute Gasteiger partial charge is 0.391 e. The van der Waals surface area contributed by atoms with Crippen LogP contribution < -0.4 is 11.1 Å². The third-order valence-electron chi connectivity index (χ3n) is 3.30. The van der Waals surface area contributed by atoms with E-state index in [1.807, 2.05) is 12.3 Å². The first-order valence-corrected chi connectivity index (χ1v) is 8.00. The summed E-state index contributed by atoms with van der Waals surface area (Å²) in [5, 5.41) is 3.26. The number of rotatable bonds is 14. The fourth-order valence-corrected chi connectivity index (χ4v) is 2.13. The highest BCUT2D eigenvalue weighted by atomic mass is 14.8. The molecule has 0 unspecified atom stereocenters. The molecule has 0 bridgehead atoms. The van der Waals surface area contributed by atoms with E-state index in [0.29, 0.717) is 6.54 Å². The van der Waals surface area contributed by atoms with Crippen LogP contribution >= 0.6 is 0 Å². The molecule has 0 saturated heterocycles. The van der Waals surface area contributed by atoms with Crippen LogP contribution in [0.4, 0.5) is 0 Å². The maximum Gasteiger partial charge on any atom is 0.0141 e. The zero-order chi connectivity index (χ0) is 13.3. The summed E-state index contributed by atoms with van der Waals surface area (Å²) in [4.78, 5) is 0. The minimum atomic E-state index is 0.630. The number of hydrogen-bond acceptors (Lipinski definition) is 2. The van der Waals surface area contributed by atoms with E-state index >= 15 is 0 Å². The van der Waals surface area contributed by atoms with Crippen molar-refractivity contribution in [3.63, 3.8) is 0 Å². The first-order valence-electron chi connectivity index (χ1n) is 8.00. The Morgan fingerprint density at radius 1 is 0.778 bits per heavy atom. The van der Waals surface area contributed by atoms with E-state index in [2.05, 4.69) is 12.2 Å². The summed E-state index contributed by atoms with van der Waals surface area (Å²) < 4.78 is 0. The van der Waals surface area contributed by atoms with Gasteiger partial charge in [-0.1, -0.05) is 77.2 Å². The van der Waals surface area contributed by atoms with Crippen LogP contribution in [0.5, 0.6) is 0 Å². The zero-order valence-corrected chi connectivity index (χ0v) is 12.4. The third-order valence-corrected chi connectivity index (χ3v) is 3.30. The van der Waals surface area contributed by atoms with Crippen LogP contribution in [0.3, 0.4) is 0 Å². The van der Waals surface area contributed by atoms with E-state index in [4.69, 9.17) is 5.73 Å². The molecule has 0 amide bonds.